The maximum Gasteiger partial charge on any atom is 0.266 e. The first kappa shape index (κ1) is 29.2. The van der Waals surface area contributed by atoms with Crippen LogP contribution in [0.4, 0.5) is 0 Å². The summed E-state index contributed by atoms with van der Waals surface area (Å²) in [5, 5.41) is 23.8. The maximum absolute atomic E-state index is 13.5. The predicted molar refractivity (Wildman–Crippen MR) is 157 cm³/mol. The smallest absolute Gasteiger partial charge is 0.266 e. The molecule has 6 aliphatic rings. The number of sulfonamides is 2. The molecule has 12 nitrogen and oxygen atoms in total. The monoisotopic (exact) mass is 666 g/mol. The lowest BCUT2D eigenvalue weighted by Crippen LogP contribution is -2.76. The number of ether oxygens (including phenoxy) is 1. The SMILES string of the molecule is CS(=O)(=O)OC1(c2ccccc2C2CC[C@@]3(O)[C@H]4Cc5ccc(O)c6c5[C@@]3(CCN4CC3CC3)C2O6)CS(=O)(=O)NS1(=O)=O. The first-order chi connectivity index (χ1) is 20.6. The van der Waals surface area contributed by atoms with E-state index in [2.05, 4.69) is 4.90 Å². The number of phenolic OH excluding ortho intramolecular Hbond substituents is 1. The van der Waals surface area contributed by atoms with E-state index in [4.69, 9.17) is 8.92 Å². The molecule has 0 amide bonds. The van der Waals surface area contributed by atoms with Gasteiger partial charge in [-0.15, -0.1) is 4.13 Å². The third-order valence-corrected chi connectivity index (χ3v) is 15.7. The van der Waals surface area contributed by atoms with Gasteiger partial charge in [-0.25, -0.2) is 21.0 Å². The zero-order valence-corrected chi connectivity index (χ0v) is 26.4. The van der Waals surface area contributed by atoms with Crippen molar-refractivity contribution in [1.82, 2.24) is 9.03 Å². The van der Waals surface area contributed by atoms with Gasteiger partial charge in [-0.1, -0.05) is 30.3 Å². The number of piperidine rings is 1. The number of rotatable bonds is 6. The van der Waals surface area contributed by atoms with E-state index in [1.807, 2.05) is 6.07 Å². The van der Waals surface area contributed by atoms with Gasteiger partial charge in [0.2, 0.25) is 15.0 Å². The fourth-order valence-corrected chi connectivity index (χ4v) is 15.0. The van der Waals surface area contributed by atoms with Crippen LogP contribution in [-0.4, -0.2) is 83.2 Å². The number of nitrogens with zero attached hydrogens (tertiary/aromatic N) is 1. The Labute approximate surface area is 256 Å². The van der Waals surface area contributed by atoms with Crippen molar-refractivity contribution < 1.29 is 44.4 Å². The summed E-state index contributed by atoms with van der Waals surface area (Å²) in [6.07, 6.45) is 4.11. The van der Waals surface area contributed by atoms with Crippen molar-refractivity contribution in [2.24, 2.45) is 5.92 Å². The van der Waals surface area contributed by atoms with Gasteiger partial charge in [0.25, 0.3) is 20.1 Å². The number of aromatic hydroxyl groups is 1. The molecule has 1 spiro atoms. The van der Waals surface area contributed by atoms with Crippen LogP contribution < -0.4 is 8.86 Å². The van der Waals surface area contributed by atoms with Crippen molar-refractivity contribution >= 4 is 30.2 Å². The lowest BCUT2D eigenvalue weighted by molar-refractivity contribution is -0.190. The number of benzene rings is 2. The Morgan fingerprint density at radius 3 is 2.52 bits per heavy atom. The topological polar surface area (TPSA) is 177 Å². The fraction of sp³-hybridized carbons (Fsp3) is 0.586. The highest BCUT2D eigenvalue weighted by molar-refractivity contribution is 8.08. The second kappa shape index (κ2) is 8.96. The molecule has 15 heteroatoms. The summed E-state index contributed by atoms with van der Waals surface area (Å²) in [7, 11) is -13.9. The molecule has 3 unspecified atom stereocenters. The number of hydrogen-bond acceptors (Lipinski definition) is 11. The second-order valence-electron chi connectivity index (χ2n) is 13.4. The van der Waals surface area contributed by atoms with E-state index < -0.39 is 63.9 Å². The molecule has 2 aromatic rings. The molecule has 6 atom stereocenters. The van der Waals surface area contributed by atoms with Crippen molar-refractivity contribution in [3.8, 4) is 11.5 Å². The van der Waals surface area contributed by atoms with Gasteiger partial charge >= 0.3 is 0 Å². The minimum absolute atomic E-state index is 0.0497. The van der Waals surface area contributed by atoms with Gasteiger partial charge in [-0.05, 0) is 68.2 Å². The van der Waals surface area contributed by atoms with Crippen LogP contribution >= 0.6 is 0 Å². The zero-order valence-electron chi connectivity index (χ0n) is 24.0. The molecule has 3 aliphatic carbocycles. The summed E-state index contributed by atoms with van der Waals surface area (Å²) in [6.45, 7) is 1.62. The number of phenols is 1. The van der Waals surface area contributed by atoms with Crippen LogP contribution in [0, 0.1) is 5.92 Å². The highest BCUT2D eigenvalue weighted by Gasteiger charge is 2.73. The average molecular weight is 667 g/mol. The predicted octanol–water partition coefficient (Wildman–Crippen LogP) is 1.13. The van der Waals surface area contributed by atoms with Crippen molar-refractivity contribution in [2.75, 3.05) is 25.1 Å². The Morgan fingerprint density at radius 1 is 1.09 bits per heavy atom. The van der Waals surface area contributed by atoms with Gasteiger partial charge in [0, 0.05) is 29.6 Å². The van der Waals surface area contributed by atoms with E-state index in [1.165, 1.54) is 25.0 Å². The van der Waals surface area contributed by atoms with Crippen molar-refractivity contribution in [3.05, 3.63) is 58.7 Å². The van der Waals surface area contributed by atoms with Gasteiger partial charge in [0.05, 0.1) is 17.3 Å². The minimum atomic E-state index is -4.91. The molecule has 2 saturated carbocycles. The molecule has 3 heterocycles. The third kappa shape index (κ3) is 3.83. The number of hydrogen-bond donors (Lipinski definition) is 3. The molecule has 3 aliphatic heterocycles. The van der Waals surface area contributed by atoms with E-state index in [0.717, 1.165) is 17.7 Å². The zero-order chi connectivity index (χ0) is 31.1. The van der Waals surface area contributed by atoms with E-state index in [-0.39, 0.29) is 17.4 Å². The highest BCUT2D eigenvalue weighted by Crippen LogP contribution is 2.68. The quantitative estimate of drug-likeness (QED) is 0.377. The first-order valence-electron chi connectivity index (χ1n) is 14.9. The van der Waals surface area contributed by atoms with Crippen LogP contribution in [0.15, 0.2) is 36.4 Å². The summed E-state index contributed by atoms with van der Waals surface area (Å²) in [5.74, 6) is -0.871. The van der Waals surface area contributed by atoms with Crippen LogP contribution in [0.1, 0.15) is 60.3 Å². The van der Waals surface area contributed by atoms with Gasteiger partial charge in [-0.2, -0.15) is 8.42 Å². The second-order valence-corrected chi connectivity index (χ2v) is 18.8. The van der Waals surface area contributed by atoms with Crippen LogP contribution in [0.3, 0.4) is 0 Å². The average Bonchev–Trinajstić information content (AvgIpc) is 3.62. The Morgan fingerprint density at radius 2 is 1.84 bits per heavy atom. The summed E-state index contributed by atoms with van der Waals surface area (Å²) < 4.78 is 91.0. The largest absolute Gasteiger partial charge is 0.504 e. The molecule has 2 bridgehead atoms. The van der Waals surface area contributed by atoms with Crippen LogP contribution in [-0.2, 0) is 51.1 Å². The van der Waals surface area contributed by atoms with Crippen LogP contribution in [0.5, 0.6) is 11.5 Å². The number of aliphatic hydroxyl groups is 1. The van der Waals surface area contributed by atoms with Crippen LogP contribution in [0.25, 0.3) is 0 Å². The Kier molecular flexibility index (Phi) is 5.93. The highest BCUT2D eigenvalue weighted by atomic mass is 32.3. The van der Waals surface area contributed by atoms with Gasteiger partial charge in [0.1, 0.15) is 11.9 Å². The Hall–Kier alpha value is -2.27. The molecule has 238 valence electrons. The molecular formula is C29H34N2O10S3. The minimum Gasteiger partial charge on any atom is -0.504 e. The summed E-state index contributed by atoms with van der Waals surface area (Å²) >= 11 is 0. The van der Waals surface area contributed by atoms with E-state index in [9.17, 15) is 35.5 Å². The van der Waals surface area contributed by atoms with Crippen molar-refractivity contribution in [3.63, 3.8) is 0 Å². The molecule has 0 radical (unpaired) electrons. The third-order valence-electron chi connectivity index (χ3n) is 10.9. The molecule has 8 rings (SSSR count). The lowest BCUT2D eigenvalue weighted by Gasteiger charge is -2.64. The molecule has 4 fully saturated rings. The summed E-state index contributed by atoms with van der Waals surface area (Å²) in [5.41, 5.74) is -0.110. The van der Waals surface area contributed by atoms with Gasteiger partial charge in [-0.3, -0.25) is 4.90 Å². The lowest BCUT2D eigenvalue weighted by atomic mass is 9.47. The summed E-state index contributed by atoms with van der Waals surface area (Å²) in [4.78, 5) is -0.373. The number of nitrogens with one attached hydrogen (secondary N) is 1. The normalized spacial score (nSPS) is 38.2. The molecule has 2 saturated heterocycles. The van der Waals surface area contributed by atoms with E-state index >= 15 is 0 Å². The standard InChI is InChI=1S/C29H34N2O10S3/c1-42(34,35)41-29(16-43(36,37)30-44(29,38)39)21-5-3-2-4-19(21)20-10-11-28(33)23-14-18-8-9-22(32)25-24(18)27(28,26(20)40-25)12-13-31(23)15-17-6-7-17/h2-5,8-9,17,20,23,26,30,32-33H,6-7,10-16H2,1H3/t20?,23-,26?,27+,28-,29?/m1/s1. The van der Waals surface area contributed by atoms with E-state index in [0.29, 0.717) is 55.7 Å². The van der Waals surface area contributed by atoms with Crippen molar-refractivity contribution in [2.45, 2.75) is 72.5 Å². The number of likely N-dealkylation sites (tertiary alicyclic amines) is 1. The maximum atomic E-state index is 13.5. The molecule has 0 aromatic heterocycles. The van der Waals surface area contributed by atoms with Gasteiger partial charge < -0.3 is 14.9 Å². The Bertz CT molecular complexity index is 1930. The molecular weight excluding hydrogens is 633 g/mol. The molecule has 3 N–H and O–H groups in total. The van der Waals surface area contributed by atoms with Crippen LogP contribution in [0.2, 0.25) is 0 Å². The molecule has 2 aromatic carbocycles. The Balaban J connectivity index is 1.31. The molecule has 44 heavy (non-hydrogen) atoms. The first-order valence-corrected chi connectivity index (χ1v) is 19.8. The fourth-order valence-electron chi connectivity index (χ4n) is 9.14. The summed E-state index contributed by atoms with van der Waals surface area (Å²) in [6, 6.07) is 9.52. The van der Waals surface area contributed by atoms with Crippen molar-refractivity contribution in [1.29, 1.82) is 0 Å². The van der Waals surface area contributed by atoms with E-state index in [1.54, 1.807) is 22.3 Å². The van der Waals surface area contributed by atoms with Gasteiger partial charge in [0.15, 0.2) is 11.5 Å².